The second-order valence-corrected chi connectivity index (χ2v) is 4.35. The van der Waals surface area contributed by atoms with Crippen LogP contribution in [0.4, 0.5) is 10.2 Å². The Morgan fingerprint density at radius 2 is 1.95 bits per heavy atom. The Morgan fingerprint density at radius 1 is 1.15 bits per heavy atom. The predicted molar refractivity (Wildman–Crippen MR) is 71.5 cm³/mol. The highest BCUT2D eigenvalue weighted by atomic mass is 19.1. The van der Waals surface area contributed by atoms with Crippen LogP contribution in [0.5, 0.6) is 11.6 Å². The van der Waals surface area contributed by atoms with Crippen LogP contribution < -0.4 is 9.64 Å². The van der Waals surface area contributed by atoms with E-state index in [2.05, 4.69) is 14.9 Å². The summed E-state index contributed by atoms with van der Waals surface area (Å²) < 4.78 is 24.3. The van der Waals surface area contributed by atoms with Crippen molar-refractivity contribution in [3.8, 4) is 11.6 Å². The van der Waals surface area contributed by atoms with E-state index in [1.165, 1.54) is 12.4 Å². The fourth-order valence-electron chi connectivity index (χ4n) is 1.99. The van der Waals surface area contributed by atoms with Crippen LogP contribution in [0.1, 0.15) is 0 Å². The van der Waals surface area contributed by atoms with Gasteiger partial charge in [0.25, 0.3) is 0 Å². The summed E-state index contributed by atoms with van der Waals surface area (Å²) in [7, 11) is 0. The van der Waals surface area contributed by atoms with Gasteiger partial charge in [-0.3, -0.25) is 0 Å². The molecule has 1 aromatic heterocycles. The molecule has 0 N–H and O–H groups in total. The molecule has 6 heteroatoms. The smallest absolute Gasteiger partial charge is 0.224 e. The molecule has 0 spiro atoms. The van der Waals surface area contributed by atoms with E-state index in [0.717, 1.165) is 18.9 Å². The SMILES string of the molecule is Fc1ccccc1Oc1cc(N2CCOCC2)ncn1. The molecule has 0 amide bonds. The van der Waals surface area contributed by atoms with Crippen LogP contribution in [0.2, 0.25) is 0 Å². The molecule has 0 atom stereocenters. The zero-order valence-corrected chi connectivity index (χ0v) is 10.8. The normalized spacial score (nSPS) is 15.2. The van der Waals surface area contributed by atoms with Gasteiger partial charge in [-0.2, -0.15) is 0 Å². The molecule has 1 aliphatic rings. The molecule has 1 fully saturated rings. The average molecular weight is 275 g/mol. The molecule has 0 unspecified atom stereocenters. The lowest BCUT2D eigenvalue weighted by Crippen LogP contribution is -2.36. The third-order valence-electron chi connectivity index (χ3n) is 3.01. The van der Waals surface area contributed by atoms with Crippen molar-refractivity contribution in [1.82, 2.24) is 9.97 Å². The van der Waals surface area contributed by atoms with E-state index in [0.29, 0.717) is 19.1 Å². The van der Waals surface area contributed by atoms with Gasteiger partial charge in [-0.15, -0.1) is 0 Å². The number of benzene rings is 1. The lowest BCUT2D eigenvalue weighted by molar-refractivity contribution is 0.122. The first-order valence-electron chi connectivity index (χ1n) is 6.40. The molecule has 1 aromatic carbocycles. The van der Waals surface area contributed by atoms with E-state index >= 15 is 0 Å². The van der Waals surface area contributed by atoms with Gasteiger partial charge in [0.1, 0.15) is 12.1 Å². The third kappa shape index (κ3) is 2.85. The van der Waals surface area contributed by atoms with Gasteiger partial charge < -0.3 is 14.4 Å². The summed E-state index contributed by atoms with van der Waals surface area (Å²) in [6, 6.07) is 7.94. The van der Waals surface area contributed by atoms with Crippen LogP contribution in [0.15, 0.2) is 36.7 Å². The largest absolute Gasteiger partial charge is 0.436 e. The Kier molecular flexibility index (Phi) is 3.73. The van der Waals surface area contributed by atoms with Crippen LogP contribution in [-0.2, 0) is 4.74 Å². The second kappa shape index (κ2) is 5.83. The summed E-state index contributed by atoms with van der Waals surface area (Å²) in [4.78, 5) is 10.3. The van der Waals surface area contributed by atoms with E-state index in [1.807, 2.05) is 0 Å². The van der Waals surface area contributed by atoms with Gasteiger partial charge in [-0.25, -0.2) is 14.4 Å². The lowest BCUT2D eigenvalue weighted by Gasteiger charge is -2.27. The number of aromatic nitrogens is 2. The minimum absolute atomic E-state index is 0.152. The summed E-state index contributed by atoms with van der Waals surface area (Å²) in [5.41, 5.74) is 0. The topological polar surface area (TPSA) is 47.5 Å². The van der Waals surface area contributed by atoms with Crippen molar-refractivity contribution in [1.29, 1.82) is 0 Å². The molecule has 2 aromatic rings. The summed E-state index contributed by atoms with van der Waals surface area (Å²) in [6.07, 6.45) is 1.42. The van der Waals surface area contributed by atoms with Gasteiger partial charge in [0, 0.05) is 19.2 Å². The van der Waals surface area contributed by atoms with Crippen molar-refractivity contribution in [3.63, 3.8) is 0 Å². The number of rotatable bonds is 3. The van der Waals surface area contributed by atoms with Crippen molar-refractivity contribution >= 4 is 5.82 Å². The van der Waals surface area contributed by atoms with E-state index < -0.39 is 5.82 Å². The van der Waals surface area contributed by atoms with Crippen LogP contribution >= 0.6 is 0 Å². The average Bonchev–Trinajstić information content (AvgIpc) is 2.51. The Balaban J connectivity index is 1.79. The van der Waals surface area contributed by atoms with Crippen molar-refractivity contribution in [2.45, 2.75) is 0 Å². The molecule has 104 valence electrons. The molecular weight excluding hydrogens is 261 g/mol. The first-order chi connectivity index (χ1) is 9.83. The zero-order valence-electron chi connectivity index (χ0n) is 10.8. The molecule has 2 heterocycles. The van der Waals surface area contributed by atoms with Gasteiger partial charge >= 0.3 is 0 Å². The molecule has 3 rings (SSSR count). The second-order valence-electron chi connectivity index (χ2n) is 4.35. The summed E-state index contributed by atoms with van der Waals surface area (Å²) >= 11 is 0. The van der Waals surface area contributed by atoms with Gasteiger partial charge in [-0.05, 0) is 12.1 Å². The minimum Gasteiger partial charge on any atom is -0.436 e. The Morgan fingerprint density at radius 3 is 2.75 bits per heavy atom. The van der Waals surface area contributed by atoms with Crippen LogP contribution in [-0.4, -0.2) is 36.3 Å². The Labute approximate surface area is 116 Å². The fourth-order valence-corrected chi connectivity index (χ4v) is 1.99. The van der Waals surface area contributed by atoms with E-state index in [9.17, 15) is 4.39 Å². The molecule has 5 nitrogen and oxygen atoms in total. The highest BCUT2D eigenvalue weighted by Gasteiger charge is 2.14. The zero-order chi connectivity index (χ0) is 13.8. The van der Waals surface area contributed by atoms with Gasteiger partial charge in [0.05, 0.1) is 13.2 Å². The molecule has 0 bridgehead atoms. The lowest BCUT2D eigenvalue weighted by atomic mass is 10.3. The number of hydrogen-bond donors (Lipinski definition) is 0. The molecule has 0 saturated carbocycles. The van der Waals surface area contributed by atoms with Crippen LogP contribution in [0.25, 0.3) is 0 Å². The number of hydrogen-bond acceptors (Lipinski definition) is 5. The number of para-hydroxylation sites is 1. The maximum Gasteiger partial charge on any atom is 0.224 e. The maximum absolute atomic E-state index is 13.5. The monoisotopic (exact) mass is 275 g/mol. The first-order valence-corrected chi connectivity index (χ1v) is 6.40. The van der Waals surface area contributed by atoms with Gasteiger partial charge in [0.2, 0.25) is 5.88 Å². The Bertz CT molecular complexity index is 588. The standard InChI is InChI=1S/C14H14FN3O2/c15-11-3-1-2-4-12(11)20-14-9-13(16-10-17-14)18-5-7-19-8-6-18/h1-4,9-10H,5-8H2. The maximum atomic E-state index is 13.5. The first kappa shape index (κ1) is 12.8. The molecule has 0 aliphatic carbocycles. The molecule has 0 radical (unpaired) electrons. The molecule has 1 saturated heterocycles. The van der Waals surface area contributed by atoms with Gasteiger partial charge in [-0.1, -0.05) is 12.1 Å². The highest BCUT2D eigenvalue weighted by molar-refractivity contribution is 5.42. The minimum atomic E-state index is -0.418. The summed E-state index contributed by atoms with van der Waals surface area (Å²) in [5, 5.41) is 0. The fraction of sp³-hybridized carbons (Fsp3) is 0.286. The number of ether oxygens (including phenoxy) is 2. The number of anilines is 1. The Hall–Kier alpha value is -2.21. The van der Waals surface area contributed by atoms with Crippen molar-refractivity contribution < 1.29 is 13.9 Å². The van der Waals surface area contributed by atoms with Crippen molar-refractivity contribution in [2.75, 3.05) is 31.2 Å². The molecular formula is C14H14FN3O2. The van der Waals surface area contributed by atoms with E-state index in [4.69, 9.17) is 9.47 Å². The summed E-state index contributed by atoms with van der Waals surface area (Å²) in [5.74, 6) is 0.819. The summed E-state index contributed by atoms with van der Waals surface area (Å²) in [6.45, 7) is 2.90. The molecule has 1 aliphatic heterocycles. The van der Waals surface area contributed by atoms with E-state index in [1.54, 1.807) is 24.3 Å². The van der Waals surface area contributed by atoms with Crippen molar-refractivity contribution in [3.05, 3.63) is 42.5 Å². The van der Waals surface area contributed by atoms with Crippen LogP contribution in [0.3, 0.4) is 0 Å². The van der Waals surface area contributed by atoms with Crippen LogP contribution in [0, 0.1) is 5.82 Å². The van der Waals surface area contributed by atoms with E-state index in [-0.39, 0.29) is 5.75 Å². The quantitative estimate of drug-likeness (QED) is 0.859. The molecule has 20 heavy (non-hydrogen) atoms. The number of nitrogens with zero attached hydrogens (tertiary/aromatic N) is 3. The van der Waals surface area contributed by atoms with Crippen molar-refractivity contribution in [2.24, 2.45) is 0 Å². The highest BCUT2D eigenvalue weighted by Crippen LogP contribution is 2.24. The van der Waals surface area contributed by atoms with Gasteiger partial charge in [0.15, 0.2) is 11.6 Å². The number of halogens is 1. The predicted octanol–water partition coefficient (Wildman–Crippen LogP) is 2.24. The third-order valence-corrected chi connectivity index (χ3v) is 3.01. The number of morpholine rings is 1.